The van der Waals surface area contributed by atoms with E-state index in [1.807, 2.05) is 6.92 Å². The molecule has 1 amide bonds. The Labute approximate surface area is 231 Å². The number of aromatic nitrogens is 2. The standard InChI is InChI=1S/C28H25F3N4O4S/c1-15(2)35(25(36)18-6-4-16(3)5-7-18)23-9-8-20(12-21(23)26(37)38)39-24-22(28(29,30)31)11-17(13-33-24)10-19-14-40-27(32)34-19/h4-9,11-15H,10H2,1-3H3,(H2,32,34)(H,37,38). The van der Waals surface area contributed by atoms with Gasteiger partial charge in [-0.1, -0.05) is 17.7 Å². The van der Waals surface area contributed by atoms with Crippen LogP contribution < -0.4 is 15.4 Å². The molecule has 0 radical (unpaired) electrons. The van der Waals surface area contributed by atoms with Crippen LogP contribution in [0.4, 0.5) is 24.0 Å². The van der Waals surface area contributed by atoms with Crippen molar-refractivity contribution in [3.05, 3.63) is 93.6 Å². The van der Waals surface area contributed by atoms with Crippen molar-refractivity contribution in [2.75, 3.05) is 10.6 Å². The van der Waals surface area contributed by atoms with Crippen LogP contribution in [-0.4, -0.2) is 33.0 Å². The number of nitrogens with two attached hydrogens (primary N) is 1. The first-order chi connectivity index (χ1) is 18.8. The molecule has 0 saturated carbocycles. The Hall–Kier alpha value is -4.45. The molecule has 0 aliphatic heterocycles. The first kappa shape index (κ1) is 28.6. The SMILES string of the molecule is Cc1ccc(C(=O)N(c2ccc(Oc3ncc(Cc4csc(N)n4)cc3C(F)(F)F)cc2C(=O)O)C(C)C)cc1. The van der Waals surface area contributed by atoms with Gasteiger partial charge in [0.15, 0.2) is 5.13 Å². The molecule has 3 N–H and O–H groups in total. The van der Waals surface area contributed by atoms with E-state index in [0.29, 0.717) is 16.4 Å². The highest BCUT2D eigenvalue weighted by atomic mass is 32.1. The zero-order valence-electron chi connectivity index (χ0n) is 21.7. The molecular weight excluding hydrogens is 545 g/mol. The highest BCUT2D eigenvalue weighted by Gasteiger charge is 2.36. The number of rotatable bonds is 8. The van der Waals surface area contributed by atoms with Crippen LogP contribution in [0.25, 0.3) is 0 Å². The average Bonchev–Trinajstić information content (AvgIpc) is 3.29. The Morgan fingerprint density at radius 3 is 2.40 bits per heavy atom. The molecule has 40 heavy (non-hydrogen) atoms. The number of ether oxygens (including phenoxy) is 1. The van der Waals surface area contributed by atoms with E-state index in [4.69, 9.17) is 10.5 Å². The summed E-state index contributed by atoms with van der Waals surface area (Å²) in [6.45, 7) is 5.33. The van der Waals surface area contributed by atoms with Gasteiger partial charge in [-0.15, -0.1) is 11.3 Å². The summed E-state index contributed by atoms with van der Waals surface area (Å²) in [5, 5.41) is 11.9. The van der Waals surface area contributed by atoms with Crippen molar-refractivity contribution in [3.63, 3.8) is 0 Å². The van der Waals surface area contributed by atoms with Crippen LogP contribution in [0, 0.1) is 6.92 Å². The number of pyridine rings is 1. The molecule has 0 aliphatic carbocycles. The average molecular weight is 571 g/mol. The molecule has 208 valence electrons. The number of benzene rings is 2. The fraction of sp³-hybridized carbons (Fsp3) is 0.214. The fourth-order valence-corrected chi connectivity index (χ4v) is 4.58. The maximum atomic E-state index is 13.9. The largest absolute Gasteiger partial charge is 0.478 e. The van der Waals surface area contributed by atoms with E-state index >= 15 is 0 Å². The molecule has 0 fully saturated rings. The molecule has 0 unspecified atom stereocenters. The number of carboxylic acid groups (broad SMARTS) is 1. The molecule has 2 heterocycles. The first-order valence-corrected chi connectivity index (χ1v) is 12.9. The summed E-state index contributed by atoms with van der Waals surface area (Å²) in [7, 11) is 0. The number of aryl methyl sites for hydroxylation is 1. The predicted molar refractivity (Wildman–Crippen MR) is 145 cm³/mol. The number of alkyl halides is 3. The van der Waals surface area contributed by atoms with Gasteiger partial charge in [-0.2, -0.15) is 13.2 Å². The quantitative estimate of drug-likeness (QED) is 0.246. The summed E-state index contributed by atoms with van der Waals surface area (Å²) >= 11 is 1.17. The summed E-state index contributed by atoms with van der Waals surface area (Å²) in [5.74, 6) is -2.74. The van der Waals surface area contributed by atoms with E-state index in [9.17, 15) is 27.9 Å². The monoisotopic (exact) mass is 570 g/mol. The summed E-state index contributed by atoms with van der Waals surface area (Å²) in [4.78, 5) is 34.8. The van der Waals surface area contributed by atoms with Crippen LogP contribution in [0.5, 0.6) is 11.6 Å². The van der Waals surface area contributed by atoms with Gasteiger partial charge >= 0.3 is 12.1 Å². The van der Waals surface area contributed by atoms with Crippen molar-refractivity contribution in [2.24, 2.45) is 0 Å². The zero-order valence-corrected chi connectivity index (χ0v) is 22.5. The van der Waals surface area contributed by atoms with Gasteiger partial charge in [0.1, 0.15) is 11.3 Å². The number of carbonyl (C=O) groups excluding carboxylic acids is 1. The molecule has 4 aromatic rings. The van der Waals surface area contributed by atoms with Gasteiger partial charge in [0.25, 0.3) is 5.91 Å². The summed E-state index contributed by atoms with van der Waals surface area (Å²) in [6.07, 6.45) is -3.49. The van der Waals surface area contributed by atoms with Crippen LogP contribution in [0.15, 0.2) is 60.1 Å². The normalized spacial score (nSPS) is 11.5. The highest BCUT2D eigenvalue weighted by molar-refractivity contribution is 7.13. The number of hydrogen-bond acceptors (Lipinski definition) is 7. The number of amides is 1. The van der Waals surface area contributed by atoms with E-state index in [2.05, 4.69) is 9.97 Å². The maximum absolute atomic E-state index is 13.9. The minimum Gasteiger partial charge on any atom is -0.478 e. The number of thiazole rings is 1. The molecule has 4 rings (SSSR count). The van der Waals surface area contributed by atoms with E-state index in [1.165, 1.54) is 34.6 Å². The van der Waals surface area contributed by atoms with Gasteiger partial charge in [-0.05, 0) is 62.7 Å². The molecule has 2 aromatic heterocycles. The van der Waals surface area contributed by atoms with Gasteiger partial charge in [0.05, 0.1) is 16.9 Å². The van der Waals surface area contributed by atoms with Crippen LogP contribution in [-0.2, 0) is 12.6 Å². The van der Waals surface area contributed by atoms with Crippen molar-refractivity contribution in [1.29, 1.82) is 0 Å². The number of carboxylic acids is 1. The lowest BCUT2D eigenvalue weighted by molar-refractivity contribution is -0.138. The van der Waals surface area contributed by atoms with Crippen LogP contribution in [0.2, 0.25) is 0 Å². The Morgan fingerprint density at radius 2 is 1.82 bits per heavy atom. The molecule has 0 spiro atoms. The van der Waals surface area contributed by atoms with Gasteiger partial charge in [0, 0.05) is 29.6 Å². The number of carbonyl (C=O) groups is 2. The van der Waals surface area contributed by atoms with Crippen molar-refractivity contribution in [1.82, 2.24) is 9.97 Å². The number of anilines is 2. The minimum atomic E-state index is -4.80. The Bertz CT molecular complexity index is 1550. The lowest BCUT2D eigenvalue weighted by Gasteiger charge is -2.28. The number of halogens is 3. The number of nitrogens with zero attached hydrogens (tertiary/aromatic N) is 3. The lowest BCUT2D eigenvalue weighted by Crippen LogP contribution is -2.38. The number of aromatic carboxylic acids is 1. The third-order valence-electron chi connectivity index (χ3n) is 5.87. The molecule has 8 nitrogen and oxygen atoms in total. The van der Waals surface area contributed by atoms with Crippen LogP contribution >= 0.6 is 11.3 Å². The van der Waals surface area contributed by atoms with E-state index in [-0.39, 0.29) is 29.0 Å². The first-order valence-electron chi connectivity index (χ1n) is 12.0. The van der Waals surface area contributed by atoms with Crippen LogP contribution in [0.3, 0.4) is 0 Å². The lowest BCUT2D eigenvalue weighted by atomic mass is 10.1. The van der Waals surface area contributed by atoms with Crippen LogP contribution in [0.1, 0.15) is 56.9 Å². The van der Waals surface area contributed by atoms with Gasteiger partial charge in [-0.25, -0.2) is 14.8 Å². The predicted octanol–water partition coefficient (Wildman–Crippen LogP) is 6.58. The molecule has 0 aliphatic rings. The van der Waals surface area contributed by atoms with Crippen molar-refractivity contribution in [2.45, 2.75) is 39.4 Å². The number of hydrogen-bond donors (Lipinski definition) is 2. The molecule has 12 heteroatoms. The second-order valence-electron chi connectivity index (χ2n) is 9.27. The second kappa shape index (κ2) is 11.3. The number of nitrogen functional groups attached to an aromatic ring is 1. The minimum absolute atomic E-state index is 0.0716. The third-order valence-corrected chi connectivity index (χ3v) is 6.60. The topological polar surface area (TPSA) is 119 Å². The summed E-state index contributed by atoms with van der Waals surface area (Å²) in [5.41, 5.74) is 6.27. The maximum Gasteiger partial charge on any atom is 0.421 e. The molecule has 0 atom stereocenters. The Morgan fingerprint density at radius 1 is 1.12 bits per heavy atom. The van der Waals surface area contributed by atoms with Crippen molar-refractivity contribution in [3.8, 4) is 11.6 Å². The van der Waals surface area contributed by atoms with E-state index in [0.717, 1.165) is 17.7 Å². The molecule has 2 aromatic carbocycles. The van der Waals surface area contributed by atoms with E-state index < -0.39 is 35.5 Å². The molecular formula is C28H25F3N4O4S. The smallest absolute Gasteiger partial charge is 0.421 e. The third kappa shape index (κ3) is 6.40. The Balaban J connectivity index is 1.69. The molecule has 0 saturated heterocycles. The molecule has 0 bridgehead atoms. The highest BCUT2D eigenvalue weighted by Crippen LogP contribution is 2.39. The Kier molecular flexibility index (Phi) is 8.10. The van der Waals surface area contributed by atoms with Gasteiger partial charge in [0.2, 0.25) is 5.88 Å². The summed E-state index contributed by atoms with van der Waals surface area (Å²) in [6, 6.07) is 11.0. The van der Waals surface area contributed by atoms with Crippen molar-refractivity contribution < 1.29 is 32.6 Å². The van der Waals surface area contributed by atoms with Crippen molar-refractivity contribution >= 4 is 34.0 Å². The van der Waals surface area contributed by atoms with E-state index in [1.54, 1.807) is 43.5 Å². The van der Waals surface area contributed by atoms with Gasteiger partial charge in [-0.3, -0.25) is 4.79 Å². The fourth-order valence-electron chi connectivity index (χ4n) is 4.02. The van der Waals surface area contributed by atoms with Gasteiger partial charge < -0.3 is 20.5 Å². The second-order valence-corrected chi connectivity index (χ2v) is 10.2. The zero-order chi connectivity index (χ0) is 29.2. The summed E-state index contributed by atoms with van der Waals surface area (Å²) < 4.78 is 47.2.